The summed E-state index contributed by atoms with van der Waals surface area (Å²) in [5.74, 6) is -1.28. The molecule has 416 valence electrons. The Morgan fingerprint density at radius 1 is 0.393 bits per heavy atom. The lowest BCUT2D eigenvalue weighted by Crippen LogP contribution is -2.23. The summed E-state index contributed by atoms with van der Waals surface area (Å²) in [5, 5.41) is 2.20. The Balaban J connectivity index is 0.000000117. The first-order valence-corrected chi connectivity index (χ1v) is 27.5. The van der Waals surface area contributed by atoms with Crippen molar-refractivity contribution < 1.29 is 8.78 Å². The van der Waals surface area contributed by atoms with Crippen molar-refractivity contribution in [3.63, 3.8) is 0 Å². The summed E-state index contributed by atoms with van der Waals surface area (Å²) in [6.45, 7) is 10.0. The summed E-state index contributed by atoms with van der Waals surface area (Å²) in [6.07, 6.45) is 7.14. The number of nitrogens with one attached hydrogen (secondary N) is 2. The number of halogens is 2. The largest absolute Gasteiger partial charge is 0.361 e. The highest BCUT2D eigenvalue weighted by molar-refractivity contribution is 5.87. The molecule has 7 heterocycles. The number of fused-ring (bicyclic) bond motifs is 6. The Morgan fingerprint density at radius 2 is 0.821 bits per heavy atom. The highest BCUT2D eigenvalue weighted by atomic mass is 19.1. The monoisotopic (exact) mass is 1120 g/mol. The highest BCUT2D eigenvalue weighted by Crippen LogP contribution is 2.26. The second-order valence-electron chi connectivity index (χ2n) is 19.4. The summed E-state index contributed by atoms with van der Waals surface area (Å²) in [7, 11) is 0. The summed E-state index contributed by atoms with van der Waals surface area (Å²) >= 11 is 0. The van der Waals surface area contributed by atoms with Crippen LogP contribution in [0.15, 0.2) is 220 Å². The van der Waals surface area contributed by atoms with Crippen LogP contribution in [0.1, 0.15) is 27.7 Å². The average Bonchev–Trinajstić information content (AvgIpc) is 2.54. The van der Waals surface area contributed by atoms with Crippen molar-refractivity contribution in [2.24, 2.45) is 0 Å². The van der Waals surface area contributed by atoms with Crippen LogP contribution in [-0.2, 0) is 26.2 Å². The SMILES string of the molecule is CCn1c(=O)c(-c2cc(F)ccc2F)nc2ccccc21.CCn1c(=O)c(-c2ccc3[nH]ccc3c2)nc2ccccc21.CCn1c(=O)c(-c2ccc3cc[nH]c3c2)nc2ccccc21.CCn1c(=O)c(-c2cccnc2)nc2ccccc21. The first-order chi connectivity index (χ1) is 41.0. The van der Waals surface area contributed by atoms with E-state index in [1.165, 1.54) is 4.57 Å². The van der Waals surface area contributed by atoms with Crippen LogP contribution in [0.2, 0.25) is 0 Å². The minimum atomic E-state index is -0.668. The van der Waals surface area contributed by atoms with E-state index in [1.807, 2.05) is 174 Å². The third-order valence-corrected chi connectivity index (χ3v) is 14.4. The molecule has 0 aliphatic carbocycles. The molecular weight excluding hydrogens is 1060 g/mol. The average molecular weight is 1120 g/mol. The predicted octanol–water partition coefficient (Wildman–Crippen LogP) is 13.0. The molecule has 0 aliphatic rings. The molecule has 0 amide bonds. The van der Waals surface area contributed by atoms with Gasteiger partial charge in [-0.05, 0) is 142 Å². The number of aromatic amines is 2. The third kappa shape index (κ3) is 10.8. The van der Waals surface area contributed by atoms with Crippen LogP contribution >= 0.6 is 0 Å². The van der Waals surface area contributed by atoms with E-state index in [-0.39, 0.29) is 27.9 Å². The number of para-hydroxylation sites is 8. The van der Waals surface area contributed by atoms with E-state index < -0.39 is 17.2 Å². The van der Waals surface area contributed by atoms with Crippen LogP contribution in [0.25, 0.3) is 111 Å². The van der Waals surface area contributed by atoms with Crippen LogP contribution in [0.4, 0.5) is 8.78 Å². The molecule has 84 heavy (non-hydrogen) atoms. The van der Waals surface area contributed by atoms with E-state index in [4.69, 9.17) is 0 Å². The smallest absolute Gasteiger partial charge is 0.277 e. The summed E-state index contributed by atoms with van der Waals surface area (Å²) in [4.78, 5) is 78.8. The normalized spacial score (nSPS) is 11.1. The molecule has 0 atom stereocenters. The molecule has 0 unspecified atom stereocenters. The van der Waals surface area contributed by atoms with Crippen molar-refractivity contribution in [3.8, 4) is 45.0 Å². The molecule has 0 bridgehead atoms. The van der Waals surface area contributed by atoms with Crippen molar-refractivity contribution in [2.45, 2.75) is 53.9 Å². The lowest BCUT2D eigenvalue weighted by Gasteiger charge is -2.10. The fourth-order valence-corrected chi connectivity index (χ4v) is 10.3. The number of H-pyrrole nitrogens is 2. The molecule has 17 heteroatoms. The molecule has 14 rings (SSSR count). The van der Waals surface area contributed by atoms with Crippen LogP contribution in [0.5, 0.6) is 0 Å². The molecule has 15 nitrogen and oxygen atoms in total. The lowest BCUT2D eigenvalue weighted by molar-refractivity contribution is 0.602. The maximum absolute atomic E-state index is 13.9. The molecular formula is C67H55F2N11O4. The first kappa shape index (κ1) is 55.1. The van der Waals surface area contributed by atoms with Gasteiger partial charge in [-0.25, -0.2) is 28.7 Å². The Kier molecular flexibility index (Phi) is 15.8. The van der Waals surface area contributed by atoms with E-state index in [2.05, 4.69) is 34.9 Å². The molecule has 0 aliphatic heterocycles. The molecule has 14 aromatic rings. The zero-order chi connectivity index (χ0) is 58.4. The Morgan fingerprint density at radius 3 is 1.31 bits per heavy atom. The maximum Gasteiger partial charge on any atom is 0.277 e. The number of aromatic nitrogens is 11. The molecule has 0 saturated carbocycles. The number of aryl methyl sites for hydroxylation is 4. The van der Waals surface area contributed by atoms with E-state index >= 15 is 0 Å². The van der Waals surface area contributed by atoms with Crippen molar-refractivity contribution in [1.82, 2.24) is 53.2 Å². The Bertz CT molecular complexity index is 4840. The number of pyridine rings is 1. The Labute approximate surface area is 478 Å². The number of benzene rings is 7. The van der Waals surface area contributed by atoms with Gasteiger partial charge in [0.1, 0.15) is 34.4 Å². The molecule has 0 fully saturated rings. The van der Waals surface area contributed by atoms with Crippen LogP contribution in [0.3, 0.4) is 0 Å². The first-order valence-electron chi connectivity index (χ1n) is 27.5. The topological polar surface area (TPSA) is 184 Å². The van der Waals surface area contributed by atoms with Crippen molar-refractivity contribution >= 4 is 65.9 Å². The van der Waals surface area contributed by atoms with Crippen molar-refractivity contribution in [2.75, 3.05) is 0 Å². The minimum Gasteiger partial charge on any atom is -0.361 e. The molecule has 7 aromatic carbocycles. The van der Waals surface area contributed by atoms with Crippen LogP contribution in [0, 0.1) is 11.6 Å². The third-order valence-electron chi connectivity index (χ3n) is 14.4. The molecule has 7 aromatic heterocycles. The zero-order valence-electron chi connectivity index (χ0n) is 46.3. The van der Waals surface area contributed by atoms with E-state index in [9.17, 15) is 28.0 Å². The molecule has 0 saturated heterocycles. The van der Waals surface area contributed by atoms with E-state index in [0.717, 1.165) is 89.8 Å². The van der Waals surface area contributed by atoms with Gasteiger partial charge >= 0.3 is 0 Å². The van der Waals surface area contributed by atoms with Gasteiger partial charge in [-0.2, -0.15) is 0 Å². The van der Waals surface area contributed by atoms with E-state index in [1.54, 1.807) is 50.4 Å². The standard InChI is InChI=1S/2C18H15N3O.C16H12F2N2O.C15H13N3O/c1-2-21-16-6-4-3-5-15(16)20-17(18(21)22)13-7-8-14-12(11-13)9-10-19-14;1-2-21-16-6-4-3-5-14(16)20-17(18(21)22)13-8-7-12-9-10-19-15(12)11-13;1-2-20-14-6-4-3-5-13(14)19-15(16(20)21)11-9-10(17)7-8-12(11)18;1-2-18-13-8-4-3-7-12(13)17-14(15(18)19)11-6-5-9-16-10-11/h2*3-11,19H,2H2,1H3;3-9H,2H2,1H3;3-10H,2H2,1H3. The van der Waals surface area contributed by atoms with E-state index in [0.29, 0.717) is 54.3 Å². The number of hydrogen-bond donors (Lipinski definition) is 2. The number of hydrogen-bond acceptors (Lipinski definition) is 9. The number of nitrogens with zero attached hydrogens (tertiary/aromatic N) is 9. The summed E-state index contributed by atoms with van der Waals surface area (Å²) in [5.41, 5.74) is 11.5. The predicted molar refractivity (Wildman–Crippen MR) is 330 cm³/mol. The fourth-order valence-electron chi connectivity index (χ4n) is 10.3. The Hall–Kier alpha value is -10.8. The van der Waals surface area contributed by atoms with Gasteiger partial charge in [-0.3, -0.25) is 24.2 Å². The zero-order valence-corrected chi connectivity index (χ0v) is 46.3. The second kappa shape index (κ2) is 24.1. The lowest BCUT2D eigenvalue weighted by atomic mass is 10.1. The van der Waals surface area contributed by atoms with Gasteiger partial charge in [0.15, 0.2) is 0 Å². The van der Waals surface area contributed by atoms with Crippen LogP contribution in [-0.4, -0.2) is 53.2 Å². The highest BCUT2D eigenvalue weighted by Gasteiger charge is 2.18. The fraction of sp³-hybridized carbons (Fsp3) is 0.119. The van der Waals surface area contributed by atoms with Gasteiger partial charge in [0.2, 0.25) is 0 Å². The quantitative estimate of drug-likeness (QED) is 0.149. The van der Waals surface area contributed by atoms with Crippen molar-refractivity contribution in [3.05, 3.63) is 254 Å². The van der Waals surface area contributed by atoms with Gasteiger partial charge < -0.3 is 28.2 Å². The van der Waals surface area contributed by atoms with Gasteiger partial charge in [0.25, 0.3) is 22.2 Å². The number of rotatable bonds is 8. The second-order valence-corrected chi connectivity index (χ2v) is 19.4. The summed E-state index contributed by atoms with van der Waals surface area (Å²) < 4.78 is 34.1. The maximum atomic E-state index is 13.9. The van der Waals surface area contributed by atoms with Crippen LogP contribution < -0.4 is 22.2 Å². The summed E-state index contributed by atoms with van der Waals surface area (Å²) in [6, 6.07) is 52.8. The van der Waals surface area contributed by atoms with Gasteiger partial charge in [0, 0.05) is 89.6 Å². The van der Waals surface area contributed by atoms with Gasteiger partial charge in [0.05, 0.1) is 44.1 Å². The molecule has 0 radical (unpaired) electrons. The molecule has 2 N–H and O–H groups in total. The van der Waals surface area contributed by atoms with Gasteiger partial charge in [-0.1, -0.05) is 66.7 Å². The van der Waals surface area contributed by atoms with Gasteiger partial charge in [-0.15, -0.1) is 0 Å². The molecule has 0 spiro atoms. The van der Waals surface area contributed by atoms with Crippen molar-refractivity contribution in [1.29, 1.82) is 0 Å². The minimum absolute atomic E-state index is 0.0453.